The first-order valence-corrected chi connectivity index (χ1v) is 20.4. The van der Waals surface area contributed by atoms with E-state index in [0.29, 0.717) is 62.4 Å². The Morgan fingerprint density at radius 2 is 1.06 bits per heavy atom. The van der Waals surface area contributed by atoms with Crippen molar-refractivity contribution >= 4 is 50.5 Å². The standard InChI is InChI=1S/C15H10ClFN6.C15H11FN6O.C14H13FN6/c16-15-19-13(20-21-15)12-10-5-3-7-18-14(10)23(22-12)8-9-4-1-2-6-11(9)17;16-11-6-2-1-4-9(11)8-22-14-10(5-3-7-17-14)12(21-22)13-18-15(23)20-19-13;15-11-6-2-1-4-9(11)8-21-14-10(5-3-7-18-14)12(20-21)13(16)19-17/h1-7H,8H2,(H,19,20,21);1-7H,8H2,(H2,18,19,20,23);1-7H,8,17H2,(H2,16,19). The van der Waals surface area contributed by atoms with E-state index in [-0.39, 0.29) is 48.2 Å². The van der Waals surface area contributed by atoms with Gasteiger partial charge in [-0.1, -0.05) is 54.6 Å². The monoisotopic (exact) mass is 922 g/mol. The van der Waals surface area contributed by atoms with E-state index in [2.05, 4.69) is 65.7 Å². The van der Waals surface area contributed by atoms with Crippen LogP contribution in [0.25, 0.3) is 56.1 Å². The number of H-pyrrole nitrogens is 3. The second kappa shape index (κ2) is 19.0. The van der Waals surface area contributed by atoms with Crippen molar-refractivity contribution in [1.29, 1.82) is 0 Å². The molecule has 67 heavy (non-hydrogen) atoms. The third kappa shape index (κ3) is 9.17. The van der Waals surface area contributed by atoms with Gasteiger partial charge in [0.05, 0.1) is 35.8 Å². The average molecular weight is 923 g/mol. The van der Waals surface area contributed by atoms with E-state index in [1.165, 1.54) is 18.2 Å². The Labute approximate surface area is 380 Å². The Balaban J connectivity index is 0.000000126. The highest BCUT2D eigenvalue weighted by Gasteiger charge is 2.20. The number of nitrogens with zero attached hydrogens (tertiary/aromatic N) is 13. The zero-order valence-electron chi connectivity index (χ0n) is 34.6. The van der Waals surface area contributed by atoms with Crippen LogP contribution in [0.5, 0.6) is 0 Å². The van der Waals surface area contributed by atoms with Crippen LogP contribution >= 0.6 is 11.6 Å². The van der Waals surface area contributed by atoms with Crippen LogP contribution in [0.1, 0.15) is 22.4 Å². The number of aromatic amines is 3. The Hall–Kier alpha value is -9.05. The summed E-state index contributed by atoms with van der Waals surface area (Å²) in [5, 5.41) is 32.0. The first kappa shape index (κ1) is 43.2. The molecule has 7 N–H and O–H groups in total. The average Bonchev–Trinajstić information content (AvgIpc) is 4.20. The van der Waals surface area contributed by atoms with E-state index in [1.807, 2.05) is 18.2 Å². The molecule has 334 valence electrons. The topological polar surface area (TPSA) is 260 Å². The normalized spacial score (nSPS) is 11.4. The fourth-order valence-corrected chi connectivity index (χ4v) is 7.17. The van der Waals surface area contributed by atoms with E-state index in [1.54, 1.807) is 105 Å². The number of halogens is 4. The van der Waals surface area contributed by atoms with Crippen molar-refractivity contribution < 1.29 is 13.2 Å². The maximum atomic E-state index is 13.9. The van der Waals surface area contributed by atoms with Crippen LogP contribution in [-0.2, 0) is 19.6 Å². The van der Waals surface area contributed by atoms with Gasteiger partial charge in [0.15, 0.2) is 28.6 Å². The summed E-state index contributed by atoms with van der Waals surface area (Å²) in [7, 11) is 0. The van der Waals surface area contributed by atoms with Gasteiger partial charge in [0.2, 0.25) is 11.1 Å². The lowest BCUT2D eigenvalue weighted by Gasteiger charge is -2.04. The number of nitrogens with one attached hydrogen (secondary N) is 3. The molecule has 0 aliphatic heterocycles. The maximum absolute atomic E-state index is 13.9. The molecule has 23 heteroatoms. The number of hydrogen-bond donors (Lipinski definition) is 5. The van der Waals surface area contributed by atoms with E-state index < -0.39 is 5.69 Å². The van der Waals surface area contributed by atoms with Gasteiger partial charge in [0.25, 0.3) is 0 Å². The summed E-state index contributed by atoms with van der Waals surface area (Å²) in [6.45, 7) is 0.741. The molecule has 8 aromatic heterocycles. The Kier molecular flexibility index (Phi) is 12.2. The molecule has 19 nitrogen and oxygen atoms in total. The molecule has 0 unspecified atom stereocenters. The molecule has 0 amide bonds. The van der Waals surface area contributed by atoms with Crippen LogP contribution in [0.3, 0.4) is 0 Å². The van der Waals surface area contributed by atoms with Gasteiger partial charge in [0.1, 0.15) is 34.5 Å². The predicted molar refractivity (Wildman–Crippen MR) is 243 cm³/mol. The fraction of sp³-hybridized carbons (Fsp3) is 0.0682. The van der Waals surface area contributed by atoms with Gasteiger partial charge in [-0.05, 0) is 66.2 Å². The third-order valence-electron chi connectivity index (χ3n) is 10.1. The molecule has 3 aromatic carbocycles. The molecule has 0 aliphatic rings. The van der Waals surface area contributed by atoms with Gasteiger partial charge >= 0.3 is 5.69 Å². The SMILES string of the molecule is Fc1ccccc1Cn1nc(-c2n[nH]c(Cl)n2)c2cccnc21.N/N=C(\N)c1nn(Cc2ccccc2F)c2ncccc12.O=c1[nH]nc(-c2nn(Cc3ccccc3F)c3ncccc23)[nH]1. The highest BCUT2D eigenvalue weighted by atomic mass is 35.5. The van der Waals surface area contributed by atoms with Gasteiger partial charge in [-0.25, -0.2) is 57.2 Å². The molecule has 0 spiro atoms. The minimum atomic E-state index is -0.416. The molecule has 0 fully saturated rings. The number of amidine groups is 1. The molecule has 11 rings (SSSR count). The summed E-state index contributed by atoms with van der Waals surface area (Å²) in [6, 6.07) is 30.5. The van der Waals surface area contributed by atoms with Crippen LogP contribution < -0.4 is 17.3 Å². The quantitative estimate of drug-likeness (QED) is 0.0487. The molecular weight excluding hydrogens is 889 g/mol. The van der Waals surface area contributed by atoms with Crippen molar-refractivity contribution in [3.05, 3.63) is 183 Å². The van der Waals surface area contributed by atoms with Crippen molar-refractivity contribution in [2.24, 2.45) is 16.7 Å². The van der Waals surface area contributed by atoms with Gasteiger partial charge in [0, 0.05) is 35.3 Å². The molecule has 0 radical (unpaired) electrons. The highest BCUT2D eigenvalue weighted by molar-refractivity contribution is 6.28. The number of pyridine rings is 3. The van der Waals surface area contributed by atoms with Crippen LogP contribution in [0.15, 0.2) is 138 Å². The molecule has 0 saturated heterocycles. The lowest BCUT2D eigenvalue weighted by molar-refractivity contribution is 0.589. The number of benzene rings is 3. The third-order valence-corrected chi connectivity index (χ3v) is 10.3. The lowest BCUT2D eigenvalue weighted by Crippen LogP contribution is -2.17. The Bertz CT molecular complexity index is 3610. The molecule has 0 atom stereocenters. The van der Waals surface area contributed by atoms with E-state index in [4.69, 9.17) is 23.2 Å². The summed E-state index contributed by atoms with van der Waals surface area (Å²) in [6.07, 6.45) is 4.94. The van der Waals surface area contributed by atoms with E-state index in [9.17, 15) is 18.0 Å². The molecule has 11 aromatic rings. The van der Waals surface area contributed by atoms with Crippen LogP contribution in [0.4, 0.5) is 13.2 Å². The molecule has 8 heterocycles. The lowest BCUT2D eigenvalue weighted by atomic mass is 10.2. The summed E-state index contributed by atoms with van der Waals surface area (Å²) in [5.41, 5.74) is 10.2. The van der Waals surface area contributed by atoms with Crippen molar-refractivity contribution in [3.63, 3.8) is 0 Å². The van der Waals surface area contributed by atoms with Crippen LogP contribution in [-0.4, -0.2) is 80.5 Å². The molecule has 0 aliphatic carbocycles. The summed E-state index contributed by atoms with van der Waals surface area (Å²) in [5.74, 6) is 5.14. The summed E-state index contributed by atoms with van der Waals surface area (Å²) < 4.78 is 46.4. The Morgan fingerprint density at radius 1 is 0.597 bits per heavy atom. The van der Waals surface area contributed by atoms with Gasteiger partial charge in [-0.15, -0.1) is 0 Å². The van der Waals surface area contributed by atoms with E-state index >= 15 is 0 Å². The fourth-order valence-electron chi connectivity index (χ4n) is 7.04. The van der Waals surface area contributed by atoms with E-state index in [0.717, 1.165) is 16.2 Å². The minimum absolute atomic E-state index is 0.111. The zero-order chi connectivity index (χ0) is 46.4. The predicted octanol–water partition coefficient (Wildman–Crippen LogP) is 5.95. The van der Waals surface area contributed by atoms with Gasteiger partial charge in [-0.2, -0.15) is 35.6 Å². The zero-order valence-corrected chi connectivity index (χ0v) is 35.4. The first-order chi connectivity index (χ1) is 32.6. The second-order valence-electron chi connectivity index (χ2n) is 14.4. The Morgan fingerprint density at radius 3 is 1.52 bits per heavy atom. The van der Waals surface area contributed by atoms with Gasteiger partial charge in [-0.3, -0.25) is 4.98 Å². The number of rotatable bonds is 9. The van der Waals surface area contributed by atoms with Crippen LogP contribution in [0.2, 0.25) is 5.28 Å². The maximum Gasteiger partial charge on any atom is 0.340 e. The van der Waals surface area contributed by atoms with Crippen molar-refractivity contribution in [2.75, 3.05) is 0 Å². The van der Waals surface area contributed by atoms with Crippen LogP contribution in [0, 0.1) is 17.5 Å². The highest BCUT2D eigenvalue weighted by Crippen LogP contribution is 2.27. The number of hydrogen-bond acceptors (Lipinski definition) is 12. The second-order valence-corrected chi connectivity index (χ2v) is 14.8. The number of fused-ring (bicyclic) bond motifs is 3. The van der Waals surface area contributed by atoms with Crippen molar-refractivity contribution in [2.45, 2.75) is 19.6 Å². The van der Waals surface area contributed by atoms with Gasteiger partial charge < -0.3 is 11.6 Å². The molecule has 0 bridgehead atoms. The number of nitrogens with two attached hydrogens (primary N) is 2. The van der Waals surface area contributed by atoms with Crippen molar-refractivity contribution in [3.8, 4) is 23.0 Å². The molecule has 0 saturated carbocycles. The number of aromatic nitrogens is 15. The summed E-state index contributed by atoms with van der Waals surface area (Å²) in [4.78, 5) is 30.9. The first-order valence-electron chi connectivity index (χ1n) is 20.1. The molecular formula is C44H34ClF3N18O. The van der Waals surface area contributed by atoms with Crippen molar-refractivity contribution in [1.82, 2.24) is 74.7 Å². The largest absolute Gasteiger partial charge is 0.380 e. The number of hydrazone groups is 1. The minimum Gasteiger partial charge on any atom is -0.380 e. The summed E-state index contributed by atoms with van der Waals surface area (Å²) >= 11 is 5.79. The smallest absolute Gasteiger partial charge is 0.340 e.